The minimum atomic E-state index is -0.598. The minimum Gasteiger partial charge on any atom is -0.387 e. The van der Waals surface area contributed by atoms with E-state index in [-0.39, 0.29) is 30.9 Å². The van der Waals surface area contributed by atoms with Crippen molar-refractivity contribution in [3.05, 3.63) is 35.9 Å². The van der Waals surface area contributed by atoms with Crippen molar-refractivity contribution in [3.63, 3.8) is 0 Å². The molecule has 1 saturated heterocycles. The predicted molar refractivity (Wildman–Crippen MR) is 81.1 cm³/mol. The number of halogens is 2. The normalized spacial score (nSPS) is 18.8. The number of morpholine rings is 1. The first-order valence-electron chi connectivity index (χ1n) is 6.06. The van der Waals surface area contributed by atoms with Gasteiger partial charge in [0.15, 0.2) is 0 Å². The van der Waals surface area contributed by atoms with Gasteiger partial charge in [-0.15, -0.1) is 24.8 Å². The zero-order valence-electron chi connectivity index (χ0n) is 10.8. The molecule has 0 amide bonds. The lowest BCUT2D eigenvalue weighted by atomic mass is 10.0. The Morgan fingerprint density at radius 3 is 2.32 bits per heavy atom. The van der Waals surface area contributed by atoms with Gasteiger partial charge in [-0.3, -0.25) is 4.90 Å². The van der Waals surface area contributed by atoms with E-state index in [1.807, 2.05) is 30.3 Å². The summed E-state index contributed by atoms with van der Waals surface area (Å²) in [6.45, 7) is 4.02. The highest BCUT2D eigenvalue weighted by Gasteiger charge is 2.20. The summed E-state index contributed by atoms with van der Waals surface area (Å²) in [6, 6.07) is 9.33. The number of hydrogen-bond donors (Lipinski definition) is 2. The molecule has 1 heterocycles. The maximum absolute atomic E-state index is 10.1. The summed E-state index contributed by atoms with van der Waals surface area (Å²) < 4.78 is 5.28. The highest BCUT2D eigenvalue weighted by Crippen LogP contribution is 2.16. The van der Waals surface area contributed by atoms with Gasteiger partial charge in [0.05, 0.1) is 19.3 Å². The molecule has 0 radical (unpaired) electrons. The Bertz CT molecular complexity index is 335. The molecule has 0 spiro atoms. The molecule has 1 aromatic rings. The SMILES string of the molecule is Cl.Cl.N[C@H](CN1CCOCC1)[C@H](O)c1ccccc1. The molecule has 1 aliphatic heterocycles. The van der Waals surface area contributed by atoms with Crippen LogP contribution in [0.3, 0.4) is 0 Å². The van der Waals surface area contributed by atoms with Crippen LogP contribution >= 0.6 is 24.8 Å². The van der Waals surface area contributed by atoms with Gasteiger partial charge in [0, 0.05) is 25.7 Å². The first-order chi connectivity index (χ1) is 8.27. The van der Waals surface area contributed by atoms with E-state index in [4.69, 9.17) is 10.5 Å². The number of aliphatic hydroxyl groups excluding tert-OH is 1. The standard InChI is InChI=1S/C13H20N2O2.2ClH/c14-12(10-15-6-8-17-9-7-15)13(16)11-4-2-1-3-5-11;;/h1-5,12-13,16H,6-10,14H2;2*1H/t12-,13-;;/m1../s1. The number of benzene rings is 1. The number of ether oxygens (including phenoxy) is 1. The largest absolute Gasteiger partial charge is 0.387 e. The molecule has 4 nitrogen and oxygen atoms in total. The smallest absolute Gasteiger partial charge is 0.0953 e. The first-order valence-corrected chi connectivity index (χ1v) is 6.06. The average Bonchev–Trinajstić information content (AvgIpc) is 2.40. The fourth-order valence-corrected chi connectivity index (χ4v) is 2.08. The summed E-state index contributed by atoms with van der Waals surface area (Å²) in [4.78, 5) is 2.24. The maximum atomic E-state index is 10.1. The Kier molecular flexibility index (Phi) is 9.35. The third-order valence-electron chi connectivity index (χ3n) is 3.12. The van der Waals surface area contributed by atoms with Crippen LogP contribution in [0.1, 0.15) is 11.7 Å². The van der Waals surface area contributed by atoms with E-state index < -0.39 is 6.10 Å². The van der Waals surface area contributed by atoms with Gasteiger partial charge < -0.3 is 15.6 Å². The predicted octanol–water partition coefficient (Wildman–Crippen LogP) is 1.22. The molecule has 6 heteroatoms. The van der Waals surface area contributed by atoms with Crippen LogP contribution in [0.4, 0.5) is 0 Å². The molecule has 1 fully saturated rings. The van der Waals surface area contributed by atoms with Crippen LogP contribution in [-0.4, -0.2) is 48.9 Å². The molecule has 1 aliphatic rings. The average molecular weight is 309 g/mol. The van der Waals surface area contributed by atoms with Gasteiger partial charge in [-0.2, -0.15) is 0 Å². The quantitative estimate of drug-likeness (QED) is 0.878. The summed E-state index contributed by atoms with van der Waals surface area (Å²) in [5, 5.41) is 10.1. The Morgan fingerprint density at radius 1 is 1.16 bits per heavy atom. The van der Waals surface area contributed by atoms with Crippen molar-refractivity contribution in [2.45, 2.75) is 12.1 Å². The van der Waals surface area contributed by atoms with Crippen molar-refractivity contribution in [1.82, 2.24) is 4.90 Å². The molecule has 0 saturated carbocycles. The fourth-order valence-electron chi connectivity index (χ4n) is 2.08. The monoisotopic (exact) mass is 308 g/mol. The third kappa shape index (κ3) is 5.65. The molecule has 0 aliphatic carbocycles. The van der Waals surface area contributed by atoms with E-state index in [2.05, 4.69) is 4.90 Å². The maximum Gasteiger partial charge on any atom is 0.0953 e. The van der Waals surface area contributed by atoms with Crippen molar-refractivity contribution in [1.29, 1.82) is 0 Å². The van der Waals surface area contributed by atoms with E-state index in [1.165, 1.54) is 0 Å². The Morgan fingerprint density at radius 2 is 1.74 bits per heavy atom. The van der Waals surface area contributed by atoms with Crippen molar-refractivity contribution in [2.75, 3.05) is 32.8 Å². The Hall–Kier alpha value is -0.360. The van der Waals surface area contributed by atoms with E-state index in [0.29, 0.717) is 6.54 Å². The zero-order chi connectivity index (χ0) is 12.1. The molecule has 2 atom stereocenters. The molecule has 1 aromatic carbocycles. The van der Waals surface area contributed by atoms with Crippen LogP contribution in [0, 0.1) is 0 Å². The van der Waals surface area contributed by atoms with Crippen LogP contribution in [0.15, 0.2) is 30.3 Å². The van der Waals surface area contributed by atoms with E-state index in [0.717, 1.165) is 31.9 Å². The summed E-state index contributed by atoms with van der Waals surface area (Å²) in [5.41, 5.74) is 6.93. The van der Waals surface area contributed by atoms with Gasteiger partial charge in [-0.1, -0.05) is 30.3 Å². The highest BCUT2D eigenvalue weighted by atomic mass is 35.5. The highest BCUT2D eigenvalue weighted by molar-refractivity contribution is 5.85. The lowest BCUT2D eigenvalue weighted by Gasteiger charge is -2.30. The number of nitrogens with two attached hydrogens (primary N) is 1. The summed E-state index contributed by atoms with van der Waals surface area (Å²) in [6.07, 6.45) is -0.598. The van der Waals surface area contributed by atoms with E-state index >= 15 is 0 Å². The first kappa shape index (κ1) is 18.6. The third-order valence-corrected chi connectivity index (χ3v) is 3.12. The lowest BCUT2D eigenvalue weighted by molar-refractivity contribution is 0.0249. The molecular weight excluding hydrogens is 287 g/mol. The van der Waals surface area contributed by atoms with Gasteiger partial charge in [0.1, 0.15) is 0 Å². The van der Waals surface area contributed by atoms with Crippen molar-refractivity contribution < 1.29 is 9.84 Å². The number of hydrogen-bond acceptors (Lipinski definition) is 4. The summed E-state index contributed by atoms with van der Waals surface area (Å²) in [5.74, 6) is 0. The molecule has 3 N–H and O–H groups in total. The van der Waals surface area contributed by atoms with Gasteiger partial charge in [-0.25, -0.2) is 0 Å². The molecule has 19 heavy (non-hydrogen) atoms. The second kappa shape index (κ2) is 9.53. The molecule has 0 aromatic heterocycles. The molecule has 2 rings (SSSR count). The molecular formula is C13H22Cl2N2O2. The van der Waals surface area contributed by atoms with Crippen LogP contribution in [0.25, 0.3) is 0 Å². The summed E-state index contributed by atoms with van der Waals surface area (Å²) >= 11 is 0. The fraction of sp³-hybridized carbons (Fsp3) is 0.538. The van der Waals surface area contributed by atoms with Crippen LogP contribution in [0.5, 0.6) is 0 Å². The van der Waals surface area contributed by atoms with Gasteiger partial charge in [0.25, 0.3) is 0 Å². The topological polar surface area (TPSA) is 58.7 Å². The van der Waals surface area contributed by atoms with Crippen LogP contribution < -0.4 is 5.73 Å². The number of rotatable bonds is 4. The van der Waals surface area contributed by atoms with E-state index in [1.54, 1.807) is 0 Å². The van der Waals surface area contributed by atoms with Crippen molar-refractivity contribution in [2.24, 2.45) is 5.73 Å². The summed E-state index contributed by atoms with van der Waals surface area (Å²) in [7, 11) is 0. The van der Waals surface area contributed by atoms with E-state index in [9.17, 15) is 5.11 Å². The lowest BCUT2D eigenvalue weighted by Crippen LogP contribution is -2.45. The second-order valence-electron chi connectivity index (χ2n) is 4.43. The van der Waals surface area contributed by atoms with Gasteiger partial charge in [0.2, 0.25) is 0 Å². The minimum absolute atomic E-state index is 0. The van der Waals surface area contributed by atoms with Crippen molar-refractivity contribution in [3.8, 4) is 0 Å². The van der Waals surface area contributed by atoms with Gasteiger partial charge in [-0.05, 0) is 5.56 Å². The number of aliphatic hydroxyl groups is 1. The molecule has 0 unspecified atom stereocenters. The Labute approximate surface area is 126 Å². The van der Waals surface area contributed by atoms with Crippen molar-refractivity contribution >= 4 is 24.8 Å². The Balaban J connectivity index is 0.00000162. The molecule has 0 bridgehead atoms. The second-order valence-corrected chi connectivity index (χ2v) is 4.43. The van der Waals surface area contributed by atoms with Gasteiger partial charge >= 0.3 is 0 Å². The zero-order valence-corrected chi connectivity index (χ0v) is 12.4. The van der Waals surface area contributed by atoms with Crippen LogP contribution in [-0.2, 0) is 4.74 Å². The molecule has 110 valence electrons. The van der Waals surface area contributed by atoms with Crippen LogP contribution in [0.2, 0.25) is 0 Å². The number of nitrogens with zero attached hydrogens (tertiary/aromatic N) is 1.